The molecule has 0 aliphatic heterocycles. The number of nitrogen functional groups attached to an aromatic ring is 1. The summed E-state index contributed by atoms with van der Waals surface area (Å²) in [6.45, 7) is 2.06. The summed E-state index contributed by atoms with van der Waals surface area (Å²) in [4.78, 5) is 0. The molecule has 1 atom stereocenters. The molecule has 2 rings (SSSR count). The van der Waals surface area contributed by atoms with Crippen LogP contribution in [-0.2, 0) is 6.42 Å². The van der Waals surface area contributed by atoms with E-state index in [0.29, 0.717) is 0 Å². The lowest BCUT2D eigenvalue weighted by molar-refractivity contribution is 0.711. The Hall–Kier alpha value is -0.290. The molecule has 0 heterocycles. The monoisotopic (exact) mass is 288 g/mol. The standard InChI is InChI=1S/C10H13IN2/c1-5-4-7(11)9-6(10(5)13)2-3-8(9)12/h4,8H,2-3,12-13H2,1H3/t8-/m0/s1. The summed E-state index contributed by atoms with van der Waals surface area (Å²) in [5, 5.41) is 0. The van der Waals surface area contributed by atoms with E-state index in [0.717, 1.165) is 18.5 Å². The number of rotatable bonds is 0. The van der Waals surface area contributed by atoms with Crippen LogP contribution in [0.5, 0.6) is 0 Å². The van der Waals surface area contributed by atoms with Crippen LogP contribution in [-0.4, -0.2) is 0 Å². The number of halogens is 1. The maximum absolute atomic E-state index is 6.01. The van der Waals surface area contributed by atoms with Crippen molar-refractivity contribution >= 4 is 28.3 Å². The Balaban J connectivity index is 2.69. The van der Waals surface area contributed by atoms with Gasteiger partial charge in [0.25, 0.3) is 0 Å². The van der Waals surface area contributed by atoms with E-state index < -0.39 is 0 Å². The Labute approximate surface area is 91.8 Å². The van der Waals surface area contributed by atoms with E-state index in [9.17, 15) is 0 Å². The number of fused-ring (bicyclic) bond motifs is 1. The summed E-state index contributed by atoms with van der Waals surface area (Å²) in [5.74, 6) is 0. The largest absolute Gasteiger partial charge is 0.398 e. The molecule has 1 aromatic rings. The Morgan fingerprint density at radius 2 is 2.23 bits per heavy atom. The fourth-order valence-electron chi connectivity index (χ4n) is 1.99. The molecule has 13 heavy (non-hydrogen) atoms. The van der Waals surface area contributed by atoms with Crippen molar-refractivity contribution in [2.45, 2.75) is 25.8 Å². The van der Waals surface area contributed by atoms with Gasteiger partial charge in [-0.25, -0.2) is 0 Å². The molecule has 0 unspecified atom stereocenters. The van der Waals surface area contributed by atoms with Crippen LogP contribution in [0, 0.1) is 10.5 Å². The molecule has 0 bridgehead atoms. The molecule has 0 spiro atoms. The van der Waals surface area contributed by atoms with Crippen LogP contribution in [0.25, 0.3) is 0 Å². The lowest BCUT2D eigenvalue weighted by atomic mass is 10.0. The highest BCUT2D eigenvalue weighted by Gasteiger charge is 2.24. The predicted molar refractivity (Wildman–Crippen MR) is 63.6 cm³/mol. The molecule has 0 fully saturated rings. The van der Waals surface area contributed by atoms with Gasteiger partial charge in [0.15, 0.2) is 0 Å². The fourth-order valence-corrected chi connectivity index (χ4v) is 3.18. The minimum atomic E-state index is 0.199. The summed E-state index contributed by atoms with van der Waals surface area (Å²) in [5.41, 5.74) is 16.7. The molecule has 0 radical (unpaired) electrons. The van der Waals surface area contributed by atoms with Crippen molar-refractivity contribution in [3.63, 3.8) is 0 Å². The highest BCUT2D eigenvalue weighted by Crippen LogP contribution is 2.37. The van der Waals surface area contributed by atoms with E-state index >= 15 is 0 Å². The predicted octanol–water partition coefficient (Wildman–Crippen LogP) is 2.13. The molecule has 0 amide bonds. The van der Waals surface area contributed by atoms with Gasteiger partial charge in [0.05, 0.1) is 0 Å². The molecular formula is C10H13IN2. The molecule has 70 valence electrons. The first-order valence-corrected chi connectivity index (χ1v) is 5.52. The number of aryl methyl sites for hydroxylation is 1. The van der Waals surface area contributed by atoms with Gasteiger partial charge in [-0.3, -0.25) is 0 Å². The van der Waals surface area contributed by atoms with Gasteiger partial charge >= 0.3 is 0 Å². The first-order valence-electron chi connectivity index (χ1n) is 4.44. The van der Waals surface area contributed by atoms with Crippen molar-refractivity contribution in [2.75, 3.05) is 5.73 Å². The van der Waals surface area contributed by atoms with Gasteiger partial charge in [-0.15, -0.1) is 0 Å². The molecule has 0 saturated heterocycles. The minimum Gasteiger partial charge on any atom is -0.398 e. The average molecular weight is 288 g/mol. The number of benzene rings is 1. The molecule has 0 aromatic heterocycles. The van der Waals surface area contributed by atoms with Crippen molar-refractivity contribution in [1.29, 1.82) is 0 Å². The number of hydrogen-bond acceptors (Lipinski definition) is 2. The first-order chi connectivity index (χ1) is 6.11. The molecule has 0 saturated carbocycles. The quantitative estimate of drug-likeness (QED) is 0.567. The van der Waals surface area contributed by atoms with Crippen LogP contribution in [0.4, 0.5) is 5.69 Å². The summed E-state index contributed by atoms with van der Waals surface area (Å²) in [6.07, 6.45) is 2.08. The number of anilines is 1. The van der Waals surface area contributed by atoms with Gasteiger partial charge in [-0.1, -0.05) is 0 Å². The van der Waals surface area contributed by atoms with Gasteiger partial charge in [0, 0.05) is 15.3 Å². The topological polar surface area (TPSA) is 52.0 Å². The van der Waals surface area contributed by atoms with Crippen LogP contribution in [0.15, 0.2) is 6.07 Å². The van der Waals surface area contributed by atoms with Crippen LogP contribution >= 0.6 is 22.6 Å². The van der Waals surface area contributed by atoms with Crippen molar-refractivity contribution in [3.05, 3.63) is 26.3 Å². The fraction of sp³-hybridized carbons (Fsp3) is 0.400. The zero-order valence-corrected chi connectivity index (χ0v) is 9.76. The normalized spacial score (nSPS) is 20.4. The van der Waals surface area contributed by atoms with Crippen LogP contribution in [0.3, 0.4) is 0 Å². The molecule has 2 nitrogen and oxygen atoms in total. The first kappa shape index (κ1) is 9.27. The van der Waals surface area contributed by atoms with Crippen molar-refractivity contribution < 1.29 is 0 Å². The van der Waals surface area contributed by atoms with E-state index in [1.165, 1.54) is 20.3 Å². The van der Waals surface area contributed by atoms with Crippen molar-refractivity contribution in [3.8, 4) is 0 Å². The second kappa shape index (κ2) is 3.13. The van der Waals surface area contributed by atoms with Crippen molar-refractivity contribution in [1.82, 2.24) is 0 Å². The molecule has 3 heteroatoms. The SMILES string of the molecule is Cc1cc(I)c2c(c1N)CC[C@@H]2N. The number of nitrogens with two attached hydrogens (primary N) is 2. The summed E-state index contributed by atoms with van der Waals surface area (Å²) in [7, 11) is 0. The zero-order valence-electron chi connectivity index (χ0n) is 7.60. The Bertz CT molecular complexity index is 360. The molecule has 1 aromatic carbocycles. The number of hydrogen-bond donors (Lipinski definition) is 2. The van der Waals surface area contributed by atoms with Gasteiger partial charge < -0.3 is 11.5 Å². The molecule has 4 N–H and O–H groups in total. The van der Waals surface area contributed by atoms with Crippen molar-refractivity contribution in [2.24, 2.45) is 5.73 Å². The summed E-state index contributed by atoms with van der Waals surface area (Å²) < 4.78 is 1.27. The third kappa shape index (κ3) is 1.34. The van der Waals surface area contributed by atoms with E-state index in [2.05, 4.69) is 35.6 Å². The van der Waals surface area contributed by atoms with Crippen LogP contribution in [0.1, 0.15) is 29.2 Å². The Morgan fingerprint density at radius 3 is 2.92 bits per heavy atom. The van der Waals surface area contributed by atoms with Gasteiger partial charge in [-0.2, -0.15) is 0 Å². The molecule has 1 aliphatic rings. The highest BCUT2D eigenvalue weighted by atomic mass is 127. The van der Waals surface area contributed by atoms with E-state index in [1.807, 2.05) is 0 Å². The average Bonchev–Trinajstić information content (AvgIpc) is 2.44. The third-order valence-electron chi connectivity index (χ3n) is 2.75. The lowest BCUT2D eigenvalue weighted by Crippen LogP contribution is -2.08. The Morgan fingerprint density at radius 1 is 1.54 bits per heavy atom. The minimum absolute atomic E-state index is 0.199. The molecule has 1 aliphatic carbocycles. The van der Waals surface area contributed by atoms with E-state index in [-0.39, 0.29) is 6.04 Å². The van der Waals surface area contributed by atoms with Crippen LogP contribution in [0.2, 0.25) is 0 Å². The van der Waals surface area contributed by atoms with E-state index in [4.69, 9.17) is 11.5 Å². The van der Waals surface area contributed by atoms with Gasteiger partial charge in [-0.05, 0) is 65.1 Å². The Kier molecular flexibility index (Phi) is 2.23. The maximum Gasteiger partial charge on any atom is 0.0380 e. The smallest absolute Gasteiger partial charge is 0.0380 e. The lowest BCUT2D eigenvalue weighted by Gasteiger charge is -2.11. The van der Waals surface area contributed by atoms with Gasteiger partial charge in [0.1, 0.15) is 0 Å². The highest BCUT2D eigenvalue weighted by molar-refractivity contribution is 14.1. The third-order valence-corrected chi connectivity index (χ3v) is 3.64. The second-order valence-corrected chi connectivity index (χ2v) is 4.79. The second-order valence-electron chi connectivity index (χ2n) is 3.63. The zero-order chi connectivity index (χ0) is 9.59. The summed E-state index contributed by atoms with van der Waals surface area (Å²) >= 11 is 2.35. The summed E-state index contributed by atoms with van der Waals surface area (Å²) in [6, 6.07) is 2.32. The van der Waals surface area contributed by atoms with E-state index in [1.54, 1.807) is 0 Å². The van der Waals surface area contributed by atoms with Crippen LogP contribution < -0.4 is 11.5 Å². The van der Waals surface area contributed by atoms with Gasteiger partial charge in [0.2, 0.25) is 0 Å². The maximum atomic E-state index is 6.01. The molecular weight excluding hydrogens is 275 g/mol.